The van der Waals surface area contributed by atoms with Crippen molar-refractivity contribution < 1.29 is 9.59 Å². The minimum atomic E-state index is -0.245. The number of carbonyl (C=O) groups excluding carboxylic acids is 2. The molecule has 0 saturated heterocycles. The summed E-state index contributed by atoms with van der Waals surface area (Å²) < 4.78 is 0. The second-order valence-corrected chi connectivity index (χ2v) is 5.16. The molecule has 7 heteroatoms. The van der Waals surface area contributed by atoms with E-state index in [1.165, 1.54) is 11.3 Å². The van der Waals surface area contributed by atoms with Gasteiger partial charge >= 0.3 is 0 Å². The molecular formula is C11H16N4O2S. The molecule has 6 nitrogen and oxygen atoms in total. The highest BCUT2D eigenvalue weighted by Crippen LogP contribution is 2.18. The molecule has 2 rings (SSSR count). The van der Waals surface area contributed by atoms with E-state index in [1.807, 2.05) is 0 Å². The average molecular weight is 268 g/mol. The van der Waals surface area contributed by atoms with Gasteiger partial charge in [-0.15, -0.1) is 11.3 Å². The van der Waals surface area contributed by atoms with Crippen LogP contribution in [-0.4, -0.2) is 29.4 Å². The van der Waals surface area contributed by atoms with E-state index in [2.05, 4.69) is 15.6 Å². The predicted molar refractivity (Wildman–Crippen MR) is 69.3 cm³/mol. The van der Waals surface area contributed by atoms with Crippen LogP contribution in [0.5, 0.6) is 0 Å². The van der Waals surface area contributed by atoms with Crippen LogP contribution in [0.1, 0.15) is 36.2 Å². The summed E-state index contributed by atoms with van der Waals surface area (Å²) in [7, 11) is 0. The number of amides is 2. The van der Waals surface area contributed by atoms with Crippen molar-refractivity contribution in [1.29, 1.82) is 0 Å². The van der Waals surface area contributed by atoms with Crippen molar-refractivity contribution in [3.05, 3.63) is 11.1 Å². The van der Waals surface area contributed by atoms with Crippen LogP contribution < -0.4 is 16.4 Å². The molecule has 0 bridgehead atoms. The van der Waals surface area contributed by atoms with Crippen molar-refractivity contribution in [3.63, 3.8) is 0 Å². The monoisotopic (exact) mass is 268 g/mol. The Morgan fingerprint density at radius 2 is 2.28 bits per heavy atom. The Hall–Kier alpha value is -1.63. The molecular weight excluding hydrogens is 252 g/mol. The van der Waals surface area contributed by atoms with Gasteiger partial charge in [0.05, 0.1) is 0 Å². The number of rotatable bonds is 6. The highest BCUT2D eigenvalue weighted by atomic mass is 32.1. The summed E-state index contributed by atoms with van der Waals surface area (Å²) in [5.41, 5.74) is 5.77. The molecule has 1 saturated carbocycles. The number of nitrogens with one attached hydrogen (secondary N) is 2. The van der Waals surface area contributed by atoms with Gasteiger partial charge in [0.1, 0.15) is 5.69 Å². The largest absolute Gasteiger partial charge is 0.375 e. The molecule has 0 radical (unpaired) electrons. The molecule has 1 heterocycles. The number of carbonyl (C=O) groups is 2. The van der Waals surface area contributed by atoms with Crippen LogP contribution in [0.15, 0.2) is 5.38 Å². The maximum Gasteiger partial charge on any atom is 0.270 e. The van der Waals surface area contributed by atoms with Crippen molar-refractivity contribution in [3.8, 4) is 0 Å². The van der Waals surface area contributed by atoms with Gasteiger partial charge in [-0.2, -0.15) is 0 Å². The van der Waals surface area contributed by atoms with Crippen LogP contribution >= 0.6 is 11.3 Å². The lowest BCUT2D eigenvalue weighted by Gasteiger charge is -2.04. The van der Waals surface area contributed by atoms with Crippen molar-refractivity contribution in [2.24, 2.45) is 0 Å². The molecule has 1 fully saturated rings. The van der Waals surface area contributed by atoms with Gasteiger partial charge in [0.25, 0.3) is 5.91 Å². The number of thiazole rings is 1. The third-order valence-electron chi connectivity index (χ3n) is 2.56. The first-order valence-electron chi connectivity index (χ1n) is 5.93. The summed E-state index contributed by atoms with van der Waals surface area (Å²) in [6.45, 7) is 0.467. The van der Waals surface area contributed by atoms with Gasteiger partial charge in [0.2, 0.25) is 5.91 Å². The van der Waals surface area contributed by atoms with Gasteiger partial charge < -0.3 is 16.4 Å². The summed E-state index contributed by atoms with van der Waals surface area (Å²) in [4.78, 5) is 26.8. The first-order valence-corrected chi connectivity index (χ1v) is 6.81. The molecule has 0 atom stereocenters. The Kier molecular flexibility index (Phi) is 4.14. The predicted octanol–water partition coefficient (Wildman–Crippen LogP) is 0.514. The molecule has 18 heavy (non-hydrogen) atoms. The lowest BCUT2D eigenvalue weighted by atomic mass is 10.3. The van der Waals surface area contributed by atoms with Crippen molar-refractivity contribution in [1.82, 2.24) is 15.6 Å². The normalized spacial score (nSPS) is 14.2. The molecule has 0 spiro atoms. The zero-order chi connectivity index (χ0) is 13.0. The van der Waals surface area contributed by atoms with Gasteiger partial charge in [-0.25, -0.2) is 4.98 Å². The zero-order valence-corrected chi connectivity index (χ0v) is 10.8. The molecule has 1 aromatic heterocycles. The Labute approximate surface area is 109 Å². The second kappa shape index (κ2) is 5.81. The highest BCUT2D eigenvalue weighted by molar-refractivity contribution is 7.13. The van der Waals surface area contributed by atoms with E-state index in [4.69, 9.17) is 5.73 Å². The number of hydrogen-bond acceptors (Lipinski definition) is 5. The fraction of sp³-hybridized carbons (Fsp3) is 0.545. The van der Waals surface area contributed by atoms with E-state index in [9.17, 15) is 9.59 Å². The first-order chi connectivity index (χ1) is 8.65. The van der Waals surface area contributed by atoms with Crippen LogP contribution in [0, 0.1) is 0 Å². The molecule has 4 N–H and O–H groups in total. The number of anilines is 1. The Morgan fingerprint density at radius 3 is 2.89 bits per heavy atom. The van der Waals surface area contributed by atoms with Gasteiger partial charge in [0.15, 0.2) is 5.13 Å². The summed E-state index contributed by atoms with van der Waals surface area (Å²) in [6, 6.07) is 0.394. The number of nitrogen functional groups attached to an aromatic ring is 1. The molecule has 2 amide bonds. The lowest BCUT2D eigenvalue weighted by molar-refractivity contribution is -0.121. The van der Waals surface area contributed by atoms with Gasteiger partial charge in [-0.1, -0.05) is 0 Å². The van der Waals surface area contributed by atoms with Crippen LogP contribution in [0.4, 0.5) is 5.13 Å². The van der Waals surface area contributed by atoms with Gasteiger partial charge in [0, 0.05) is 24.4 Å². The van der Waals surface area contributed by atoms with E-state index in [-0.39, 0.29) is 11.8 Å². The molecule has 0 aliphatic heterocycles. The number of aromatic nitrogens is 1. The van der Waals surface area contributed by atoms with Crippen LogP contribution in [0.25, 0.3) is 0 Å². The lowest BCUT2D eigenvalue weighted by Crippen LogP contribution is -2.28. The van der Waals surface area contributed by atoms with E-state index >= 15 is 0 Å². The maximum atomic E-state index is 11.6. The minimum absolute atomic E-state index is 0.0599. The zero-order valence-electron chi connectivity index (χ0n) is 9.94. The minimum Gasteiger partial charge on any atom is -0.375 e. The van der Waals surface area contributed by atoms with E-state index in [0.29, 0.717) is 36.3 Å². The first kappa shape index (κ1) is 12.8. The summed E-state index contributed by atoms with van der Waals surface area (Å²) >= 11 is 1.23. The number of nitrogens with zero attached hydrogens (tertiary/aromatic N) is 1. The van der Waals surface area contributed by atoms with Crippen molar-refractivity contribution in [2.75, 3.05) is 12.3 Å². The van der Waals surface area contributed by atoms with E-state index in [0.717, 1.165) is 12.8 Å². The summed E-state index contributed by atoms with van der Waals surface area (Å²) in [5, 5.41) is 7.60. The van der Waals surface area contributed by atoms with Crippen LogP contribution in [0.2, 0.25) is 0 Å². The standard InChI is InChI=1S/C11H16N4O2S/c12-11-15-8(6-18-11)10(17)13-5-1-2-9(16)14-7-3-4-7/h6-7H,1-5H2,(H2,12,15)(H,13,17)(H,14,16). The highest BCUT2D eigenvalue weighted by Gasteiger charge is 2.22. The van der Waals surface area contributed by atoms with Crippen molar-refractivity contribution in [2.45, 2.75) is 31.7 Å². The summed E-state index contributed by atoms with van der Waals surface area (Å²) in [5.74, 6) is -0.185. The Morgan fingerprint density at radius 1 is 1.50 bits per heavy atom. The Balaban J connectivity index is 1.59. The average Bonchev–Trinajstić information content (AvgIpc) is 3.03. The molecule has 1 aliphatic rings. The molecule has 98 valence electrons. The second-order valence-electron chi connectivity index (χ2n) is 4.27. The van der Waals surface area contributed by atoms with Crippen LogP contribution in [-0.2, 0) is 4.79 Å². The van der Waals surface area contributed by atoms with Gasteiger partial charge in [-0.05, 0) is 19.3 Å². The van der Waals surface area contributed by atoms with Crippen molar-refractivity contribution >= 4 is 28.3 Å². The molecule has 0 aromatic carbocycles. The van der Waals surface area contributed by atoms with E-state index < -0.39 is 0 Å². The maximum absolute atomic E-state index is 11.6. The molecule has 1 aromatic rings. The van der Waals surface area contributed by atoms with E-state index in [1.54, 1.807) is 5.38 Å². The SMILES string of the molecule is Nc1nc(C(=O)NCCCC(=O)NC2CC2)cs1. The number of hydrogen-bond donors (Lipinski definition) is 3. The fourth-order valence-electron chi connectivity index (χ4n) is 1.46. The molecule has 1 aliphatic carbocycles. The number of nitrogens with two attached hydrogens (primary N) is 1. The third-order valence-corrected chi connectivity index (χ3v) is 3.24. The third kappa shape index (κ3) is 3.99. The fourth-order valence-corrected chi connectivity index (χ4v) is 2.00. The topological polar surface area (TPSA) is 97.1 Å². The van der Waals surface area contributed by atoms with Gasteiger partial charge in [-0.3, -0.25) is 9.59 Å². The quantitative estimate of drug-likeness (QED) is 0.655. The van der Waals surface area contributed by atoms with Crippen LogP contribution in [0.3, 0.4) is 0 Å². The smallest absolute Gasteiger partial charge is 0.270 e. The molecule has 0 unspecified atom stereocenters. The Bertz CT molecular complexity index is 442. The summed E-state index contributed by atoms with van der Waals surface area (Å²) in [6.07, 6.45) is 3.25.